The standard InChI is InChI=1S/C13H13NO2S/c14-17(15,16)10-12-8-4-5-9-13(12)11-6-2-1-3-7-11/h1-9H,10H2,(H2,14,15,16). The van der Waals surface area contributed by atoms with E-state index in [1.807, 2.05) is 48.5 Å². The second-order valence-corrected chi connectivity index (χ2v) is 5.44. The molecule has 88 valence electrons. The molecule has 0 aliphatic rings. The molecule has 2 aromatic rings. The fourth-order valence-corrected chi connectivity index (χ4v) is 2.45. The van der Waals surface area contributed by atoms with Gasteiger partial charge in [-0.15, -0.1) is 0 Å². The highest BCUT2D eigenvalue weighted by molar-refractivity contribution is 7.88. The zero-order valence-corrected chi connectivity index (χ0v) is 10.0. The predicted molar refractivity (Wildman–Crippen MR) is 68.7 cm³/mol. The molecule has 0 spiro atoms. The molecule has 4 heteroatoms. The fraction of sp³-hybridized carbons (Fsp3) is 0.0769. The van der Waals surface area contributed by atoms with Crippen LogP contribution >= 0.6 is 0 Å². The van der Waals surface area contributed by atoms with Crippen molar-refractivity contribution >= 4 is 10.0 Å². The Bertz CT molecular complexity index is 606. The lowest BCUT2D eigenvalue weighted by atomic mass is 10.0. The average molecular weight is 247 g/mol. The van der Waals surface area contributed by atoms with Gasteiger partial charge in [0.05, 0.1) is 5.75 Å². The maximum absolute atomic E-state index is 11.2. The summed E-state index contributed by atoms with van der Waals surface area (Å²) in [4.78, 5) is 0. The van der Waals surface area contributed by atoms with Crippen molar-refractivity contribution in [3.63, 3.8) is 0 Å². The Labute approximate surface area is 101 Å². The fourth-order valence-electron chi connectivity index (χ4n) is 1.76. The first-order valence-corrected chi connectivity index (χ1v) is 6.91. The van der Waals surface area contributed by atoms with Crippen LogP contribution in [0.15, 0.2) is 54.6 Å². The third kappa shape index (κ3) is 3.15. The van der Waals surface area contributed by atoms with Crippen LogP contribution in [-0.2, 0) is 15.8 Å². The van der Waals surface area contributed by atoms with Crippen molar-refractivity contribution in [1.29, 1.82) is 0 Å². The number of hydrogen-bond acceptors (Lipinski definition) is 2. The Hall–Kier alpha value is -1.65. The molecule has 2 rings (SSSR count). The predicted octanol–water partition coefficient (Wildman–Crippen LogP) is 2.14. The lowest BCUT2D eigenvalue weighted by Gasteiger charge is -2.08. The third-order valence-electron chi connectivity index (χ3n) is 2.46. The molecule has 2 N–H and O–H groups in total. The molecule has 0 bridgehead atoms. The van der Waals surface area contributed by atoms with E-state index in [0.717, 1.165) is 16.7 Å². The van der Waals surface area contributed by atoms with Crippen LogP contribution in [-0.4, -0.2) is 8.42 Å². The quantitative estimate of drug-likeness (QED) is 0.903. The molecule has 0 fully saturated rings. The zero-order chi connectivity index (χ0) is 12.3. The van der Waals surface area contributed by atoms with Crippen LogP contribution in [0.2, 0.25) is 0 Å². The van der Waals surface area contributed by atoms with Gasteiger partial charge in [0.1, 0.15) is 0 Å². The highest BCUT2D eigenvalue weighted by atomic mass is 32.2. The van der Waals surface area contributed by atoms with Crippen molar-refractivity contribution in [2.45, 2.75) is 5.75 Å². The van der Waals surface area contributed by atoms with Crippen molar-refractivity contribution in [3.05, 3.63) is 60.2 Å². The molecule has 0 atom stereocenters. The largest absolute Gasteiger partial charge is 0.228 e. The molecule has 0 heterocycles. The van der Waals surface area contributed by atoms with Gasteiger partial charge in [-0.3, -0.25) is 0 Å². The van der Waals surface area contributed by atoms with Crippen LogP contribution < -0.4 is 5.14 Å². The molecule has 0 amide bonds. The lowest BCUT2D eigenvalue weighted by molar-refractivity contribution is 0.597. The summed E-state index contributed by atoms with van der Waals surface area (Å²) in [6.07, 6.45) is 0. The number of sulfonamides is 1. The maximum Gasteiger partial charge on any atom is 0.213 e. The molecule has 0 radical (unpaired) electrons. The molecular weight excluding hydrogens is 234 g/mol. The van der Waals surface area contributed by atoms with Crippen LogP contribution in [0.1, 0.15) is 5.56 Å². The van der Waals surface area contributed by atoms with Crippen LogP contribution in [0.4, 0.5) is 0 Å². The van der Waals surface area contributed by atoms with E-state index < -0.39 is 10.0 Å². The minimum absolute atomic E-state index is 0.141. The molecule has 0 saturated carbocycles. The number of primary sulfonamides is 1. The SMILES string of the molecule is NS(=O)(=O)Cc1ccccc1-c1ccccc1. The smallest absolute Gasteiger partial charge is 0.213 e. The first-order chi connectivity index (χ1) is 8.06. The summed E-state index contributed by atoms with van der Waals surface area (Å²) < 4.78 is 22.3. The Balaban J connectivity index is 2.49. The van der Waals surface area contributed by atoms with E-state index in [1.54, 1.807) is 6.07 Å². The van der Waals surface area contributed by atoms with Crippen LogP contribution in [0.3, 0.4) is 0 Å². The lowest BCUT2D eigenvalue weighted by Crippen LogP contribution is -2.14. The van der Waals surface area contributed by atoms with E-state index in [4.69, 9.17) is 5.14 Å². The van der Waals surface area contributed by atoms with Crippen LogP contribution in [0, 0.1) is 0 Å². The van der Waals surface area contributed by atoms with Gasteiger partial charge in [0.25, 0.3) is 0 Å². The summed E-state index contributed by atoms with van der Waals surface area (Å²) in [7, 11) is -3.51. The molecule has 17 heavy (non-hydrogen) atoms. The van der Waals surface area contributed by atoms with Crippen molar-refractivity contribution < 1.29 is 8.42 Å². The normalized spacial score (nSPS) is 11.4. The Morgan fingerprint density at radius 3 is 2.12 bits per heavy atom. The Morgan fingerprint density at radius 2 is 1.47 bits per heavy atom. The van der Waals surface area contributed by atoms with Gasteiger partial charge >= 0.3 is 0 Å². The van der Waals surface area contributed by atoms with Gasteiger partial charge in [-0.25, -0.2) is 13.6 Å². The van der Waals surface area contributed by atoms with E-state index in [0.29, 0.717) is 0 Å². The number of nitrogens with two attached hydrogens (primary N) is 1. The van der Waals surface area contributed by atoms with Crippen molar-refractivity contribution in [1.82, 2.24) is 0 Å². The Kier molecular flexibility index (Phi) is 3.26. The maximum atomic E-state index is 11.2. The molecule has 2 aromatic carbocycles. The summed E-state index contributed by atoms with van der Waals surface area (Å²) in [6.45, 7) is 0. The van der Waals surface area contributed by atoms with Gasteiger partial charge in [0, 0.05) is 0 Å². The number of benzene rings is 2. The van der Waals surface area contributed by atoms with E-state index >= 15 is 0 Å². The molecule has 0 aliphatic carbocycles. The molecule has 0 aromatic heterocycles. The topological polar surface area (TPSA) is 60.2 Å². The minimum atomic E-state index is -3.51. The summed E-state index contributed by atoms with van der Waals surface area (Å²) in [5.41, 5.74) is 2.62. The van der Waals surface area contributed by atoms with Gasteiger partial charge in [0.2, 0.25) is 10.0 Å². The average Bonchev–Trinajstić information content (AvgIpc) is 2.29. The van der Waals surface area contributed by atoms with Gasteiger partial charge in [-0.1, -0.05) is 54.6 Å². The molecule has 0 aliphatic heterocycles. The first kappa shape index (κ1) is 11.8. The second-order valence-electron chi connectivity index (χ2n) is 3.83. The summed E-state index contributed by atoms with van der Waals surface area (Å²) in [6, 6.07) is 17.0. The van der Waals surface area contributed by atoms with E-state index in [1.165, 1.54) is 0 Å². The molecule has 0 unspecified atom stereocenters. The number of rotatable bonds is 3. The van der Waals surface area contributed by atoms with Crippen LogP contribution in [0.5, 0.6) is 0 Å². The van der Waals surface area contributed by atoms with Gasteiger partial charge in [-0.05, 0) is 16.7 Å². The second kappa shape index (κ2) is 4.69. The van der Waals surface area contributed by atoms with Gasteiger partial charge in [-0.2, -0.15) is 0 Å². The molecule has 0 saturated heterocycles. The minimum Gasteiger partial charge on any atom is -0.228 e. The zero-order valence-electron chi connectivity index (χ0n) is 9.21. The summed E-state index contributed by atoms with van der Waals surface area (Å²) in [5, 5.41) is 5.09. The van der Waals surface area contributed by atoms with Gasteiger partial charge in [0.15, 0.2) is 0 Å². The van der Waals surface area contributed by atoms with E-state index in [2.05, 4.69) is 0 Å². The van der Waals surface area contributed by atoms with Crippen molar-refractivity contribution in [2.24, 2.45) is 5.14 Å². The van der Waals surface area contributed by atoms with E-state index in [9.17, 15) is 8.42 Å². The summed E-state index contributed by atoms with van der Waals surface area (Å²) >= 11 is 0. The third-order valence-corrected chi connectivity index (χ3v) is 3.17. The number of hydrogen-bond donors (Lipinski definition) is 1. The molecular formula is C13H13NO2S. The van der Waals surface area contributed by atoms with Crippen molar-refractivity contribution in [3.8, 4) is 11.1 Å². The summed E-state index contributed by atoms with van der Waals surface area (Å²) in [5.74, 6) is -0.141. The highest BCUT2D eigenvalue weighted by Gasteiger charge is 2.10. The van der Waals surface area contributed by atoms with E-state index in [-0.39, 0.29) is 5.75 Å². The molecule has 3 nitrogen and oxygen atoms in total. The van der Waals surface area contributed by atoms with Crippen LogP contribution in [0.25, 0.3) is 11.1 Å². The Morgan fingerprint density at radius 1 is 0.882 bits per heavy atom. The van der Waals surface area contributed by atoms with Gasteiger partial charge < -0.3 is 0 Å². The van der Waals surface area contributed by atoms with Crippen molar-refractivity contribution in [2.75, 3.05) is 0 Å². The highest BCUT2D eigenvalue weighted by Crippen LogP contribution is 2.24. The monoisotopic (exact) mass is 247 g/mol. The first-order valence-electron chi connectivity index (χ1n) is 5.20.